The summed E-state index contributed by atoms with van der Waals surface area (Å²) in [5.74, 6) is 0.475. The van der Waals surface area contributed by atoms with Crippen LogP contribution in [0.2, 0.25) is 0 Å². The van der Waals surface area contributed by atoms with Gasteiger partial charge in [0.2, 0.25) is 5.69 Å². The zero-order valence-corrected chi connectivity index (χ0v) is 31.2. The average molecular weight is 675 g/mol. The van der Waals surface area contributed by atoms with Gasteiger partial charge in [0.1, 0.15) is 0 Å². The maximum absolute atomic E-state index is 2.59. The molecule has 0 radical (unpaired) electrons. The first-order chi connectivity index (χ1) is 25.5. The topological polar surface area (TPSA) is 3.88 Å². The molecular formula is C51H48N+. The van der Waals surface area contributed by atoms with E-state index in [0.29, 0.717) is 5.92 Å². The lowest BCUT2D eigenvalue weighted by atomic mass is 9.69. The van der Waals surface area contributed by atoms with Gasteiger partial charge in [0.25, 0.3) is 0 Å². The highest BCUT2D eigenvalue weighted by Gasteiger charge is 2.50. The van der Waals surface area contributed by atoms with Crippen molar-refractivity contribution in [3.63, 3.8) is 0 Å². The normalized spacial score (nSPS) is 15.6. The summed E-state index contributed by atoms with van der Waals surface area (Å²) >= 11 is 0. The van der Waals surface area contributed by atoms with E-state index in [1.54, 1.807) is 0 Å². The molecule has 1 unspecified atom stereocenters. The van der Waals surface area contributed by atoms with E-state index < -0.39 is 0 Å². The van der Waals surface area contributed by atoms with Crippen LogP contribution >= 0.6 is 0 Å². The van der Waals surface area contributed by atoms with Crippen LogP contribution in [0.3, 0.4) is 0 Å². The number of aromatic nitrogens is 1. The highest BCUT2D eigenvalue weighted by molar-refractivity contribution is 5.98. The third-order valence-corrected chi connectivity index (χ3v) is 12.0. The summed E-state index contributed by atoms with van der Waals surface area (Å²) < 4.78 is 2.59. The van der Waals surface area contributed by atoms with E-state index in [4.69, 9.17) is 0 Å². The zero-order valence-electron chi connectivity index (χ0n) is 31.2. The summed E-state index contributed by atoms with van der Waals surface area (Å²) in [7, 11) is 0. The third kappa shape index (κ3) is 5.60. The molecule has 1 aliphatic heterocycles. The van der Waals surface area contributed by atoms with Crippen molar-refractivity contribution in [3.05, 3.63) is 173 Å². The monoisotopic (exact) mass is 674 g/mol. The molecule has 7 aromatic rings. The summed E-state index contributed by atoms with van der Waals surface area (Å²) in [6, 6.07) is 54.4. The lowest BCUT2D eigenvalue weighted by molar-refractivity contribution is -0.762. The number of fused-ring (bicyclic) bond motifs is 4. The molecule has 2 heterocycles. The summed E-state index contributed by atoms with van der Waals surface area (Å²) in [4.78, 5) is 0. The number of benzene rings is 6. The zero-order chi connectivity index (χ0) is 35.8. The van der Waals surface area contributed by atoms with Gasteiger partial charge in [-0.2, -0.15) is 4.57 Å². The second-order valence-electron chi connectivity index (χ2n) is 14.4. The predicted molar refractivity (Wildman–Crippen MR) is 221 cm³/mol. The quantitative estimate of drug-likeness (QED) is 0.148. The lowest BCUT2D eigenvalue weighted by Gasteiger charge is -2.39. The molecule has 0 N–H and O–H groups in total. The molecule has 1 heteroatoms. The smallest absolute Gasteiger partial charge is 0.192 e. The van der Waals surface area contributed by atoms with Crippen molar-refractivity contribution in [1.82, 2.24) is 0 Å². The standard InChI is InChI=1S/C51H48N/c1-6-36-18-10-12-23-44(36)35(5)41-31-42(33-43(32-41)46-25-17-20-37-19-11-13-24-45(37)46)39-22-16-21-38(30-39)40-27-28-47-48(34-40)50-26-14-15-29-52(50)51(8-3,9-4)49(47)7-2/h6,10-34,49H,7-9H2,1-5H3/q+1. The molecule has 256 valence electrons. The Balaban J connectivity index is 1.30. The molecule has 52 heavy (non-hydrogen) atoms. The van der Waals surface area contributed by atoms with Gasteiger partial charge in [-0.05, 0) is 128 Å². The molecule has 1 aromatic heterocycles. The Bertz CT molecular complexity index is 2560. The summed E-state index contributed by atoms with van der Waals surface area (Å²) in [5.41, 5.74) is 14.2. The molecule has 6 aromatic carbocycles. The van der Waals surface area contributed by atoms with Crippen molar-refractivity contribution in [2.75, 3.05) is 0 Å². The minimum Gasteiger partial charge on any atom is -0.192 e. The highest BCUT2D eigenvalue weighted by atomic mass is 15.1. The molecule has 0 bridgehead atoms. The maximum atomic E-state index is 2.59. The van der Waals surface area contributed by atoms with Crippen molar-refractivity contribution in [3.8, 4) is 44.6 Å². The Morgan fingerprint density at radius 3 is 2.10 bits per heavy atom. The third-order valence-electron chi connectivity index (χ3n) is 12.0. The van der Waals surface area contributed by atoms with Gasteiger partial charge in [0, 0.05) is 30.9 Å². The minimum absolute atomic E-state index is 0.0946. The van der Waals surface area contributed by atoms with Gasteiger partial charge >= 0.3 is 0 Å². The number of pyridine rings is 1. The van der Waals surface area contributed by atoms with E-state index in [0.717, 1.165) is 19.3 Å². The fraction of sp³-hybridized carbons (Fsp3) is 0.196. The van der Waals surface area contributed by atoms with Gasteiger partial charge in [-0.3, -0.25) is 0 Å². The Morgan fingerprint density at radius 2 is 1.29 bits per heavy atom. The van der Waals surface area contributed by atoms with Gasteiger partial charge in [-0.25, -0.2) is 0 Å². The Hall–Kier alpha value is -5.53. The van der Waals surface area contributed by atoms with Gasteiger partial charge in [0.05, 0.1) is 5.56 Å². The summed E-state index contributed by atoms with van der Waals surface area (Å²) in [6.45, 7) is 11.5. The number of rotatable bonds is 7. The number of hydrogen-bond donors (Lipinski definition) is 0. The average Bonchev–Trinajstić information content (AvgIpc) is 3.22. The van der Waals surface area contributed by atoms with Crippen LogP contribution < -0.4 is 15.0 Å². The fourth-order valence-corrected chi connectivity index (χ4v) is 9.22. The van der Waals surface area contributed by atoms with Crippen LogP contribution in [0.5, 0.6) is 0 Å². The van der Waals surface area contributed by atoms with E-state index in [-0.39, 0.29) is 5.54 Å². The van der Waals surface area contributed by atoms with Crippen molar-refractivity contribution < 1.29 is 4.57 Å². The largest absolute Gasteiger partial charge is 0.213 e. The molecule has 0 spiro atoms. The molecule has 8 rings (SSSR count). The molecule has 0 fully saturated rings. The first kappa shape index (κ1) is 33.6. The Labute approximate surface area is 309 Å². The predicted octanol–water partition coefficient (Wildman–Crippen LogP) is 11.8. The molecule has 0 aliphatic carbocycles. The van der Waals surface area contributed by atoms with E-state index >= 15 is 0 Å². The first-order valence-corrected chi connectivity index (χ1v) is 19.1. The second-order valence-corrected chi connectivity index (χ2v) is 14.4. The van der Waals surface area contributed by atoms with Crippen LogP contribution in [0.25, 0.3) is 67.1 Å². The SMILES string of the molecule is CC=c1ccccc1=C(C)c1cc(-c2cccc(-c3ccc4c(c3)-c3cccc[n+]3C(CC)(CC)C4CC)c2)cc(-c2cccc3ccccc23)c1. The van der Waals surface area contributed by atoms with E-state index in [1.807, 2.05) is 0 Å². The Kier molecular flexibility index (Phi) is 8.97. The molecule has 0 saturated heterocycles. The van der Waals surface area contributed by atoms with E-state index in [1.165, 1.54) is 82.5 Å². The molecule has 0 saturated carbocycles. The van der Waals surface area contributed by atoms with Crippen LogP contribution in [-0.4, -0.2) is 0 Å². The summed E-state index contributed by atoms with van der Waals surface area (Å²) in [6.07, 6.45) is 7.88. The van der Waals surface area contributed by atoms with Crippen molar-refractivity contribution >= 4 is 22.4 Å². The van der Waals surface area contributed by atoms with Crippen LogP contribution in [-0.2, 0) is 5.54 Å². The number of nitrogens with zero attached hydrogens (tertiary/aromatic N) is 1. The molecular weight excluding hydrogens is 627 g/mol. The van der Waals surface area contributed by atoms with Gasteiger partial charge in [-0.1, -0.05) is 124 Å². The van der Waals surface area contributed by atoms with Crippen molar-refractivity contribution in [2.45, 2.75) is 65.3 Å². The summed E-state index contributed by atoms with van der Waals surface area (Å²) in [5, 5.41) is 5.06. The van der Waals surface area contributed by atoms with Gasteiger partial charge in [-0.15, -0.1) is 0 Å². The second kappa shape index (κ2) is 13.9. The molecule has 1 atom stereocenters. The van der Waals surface area contributed by atoms with Gasteiger partial charge in [0.15, 0.2) is 11.7 Å². The van der Waals surface area contributed by atoms with Crippen LogP contribution in [0.15, 0.2) is 152 Å². The van der Waals surface area contributed by atoms with Crippen LogP contribution in [0.1, 0.15) is 70.9 Å². The molecule has 1 aliphatic rings. The van der Waals surface area contributed by atoms with Crippen molar-refractivity contribution in [2.24, 2.45) is 0 Å². The molecule has 0 amide bonds. The highest BCUT2D eigenvalue weighted by Crippen LogP contribution is 2.47. The van der Waals surface area contributed by atoms with Gasteiger partial charge < -0.3 is 0 Å². The molecule has 1 nitrogen and oxygen atoms in total. The maximum Gasteiger partial charge on any atom is 0.213 e. The minimum atomic E-state index is 0.0946. The van der Waals surface area contributed by atoms with Crippen molar-refractivity contribution in [1.29, 1.82) is 0 Å². The van der Waals surface area contributed by atoms with E-state index in [9.17, 15) is 0 Å². The first-order valence-electron chi connectivity index (χ1n) is 19.1. The van der Waals surface area contributed by atoms with Crippen LogP contribution in [0, 0.1) is 0 Å². The number of hydrogen-bond acceptors (Lipinski definition) is 0. The van der Waals surface area contributed by atoms with Crippen LogP contribution in [0.4, 0.5) is 0 Å². The lowest BCUT2D eigenvalue weighted by Crippen LogP contribution is -2.62. The Morgan fingerprint density at radius 1 is 0.615 bits per heavy atom. The van der Waals surface area contributed by atoms with E-state index in [2.05, 4.69) is 197 Å². The fourth-order valence-electron chi connectivity index (χ4n) is 9.22.